The molecule has 1 amide bonds. The van der Waals surface area contributed by atoms with Gasteiger partial charge in [0.15, 0.2) is 0 Å². The number of anilines is 1. The van der Waals surface area contributed by atoms with E-state index < -0.39 is 5.82 Å². The number of carbonyl (C=O) groups is 1. The van der Waals surface area contributed by atoms with Crippen molar-refractivity contribution in [2.75, 3.05) is 5.32 Å². The summed E-state index contributed by atoms with van der Waals surface area (Å²) in [6.07, 6.45) is 0. The highest BCUT2D eigenvalue weighted by Crippen LogP contribution is 2.23. The minimum absolute atomic E-state index is 0.0105. The van der Waals surface area contributed by atoms with Gasteiger partial charge in [0, 0.05) is 5.56 Å². The van der Waals surface area contributed by atoms with Crippen molar-refractivity contribution in [1.29, 1.82) is 0 Å². The molecule has 0 atom stereocenters. The first-order chi connectivity index (χ1) is 9.90. The molecule has 2 aromatic rings. The minimum Gasteiger partial charge on any atom is -0.389 e. The van der Waals surface area contributed by atoms with Gasteiger partial charge >= 0.3 is 0 Å². The van der Waals surface area contributed by atoms with Gasteiger partial charge in [-0.2, -0.15) is 0 Å². The van der Waals surface area contributed by atoms with E-state index in [2.05, 4.69) is 14.9 Å². The zero-order valence-electron chi connectivity index (χ0n) is 11.4. The third-order valence-corrected chi connectivity index (χ3v) is 3.72. The molecule has 0 fully saturated rings. The van der Waals surface area contributed by atoms with Crippen LogP contribution in [-0.2, 0) is 0 Å². The van der Waals surface area contributed by atoms with Crippen LogP contribution in [0.5, 0.6) is 0 Å². The number of halogens is 1. The molecule has 8 heteroatoms. The maximum absolute atomic E-state index is 13.2. The van der Waals surface area contributed by atoms with E-state index in [1.54, 1.807) is 0 Å². The van der Waals surface area contributed by atoms with E-state index in [0.717, 1.165) is 11.5 Å². The third-order valence-electron chi connectivity index (χ3n) is 2.76. The Morgan fingerprint density at radius 3 is 2.81 bits per heavy atom. The maximum Gasteiger partial charge on any atom is 0.269 e. The SMILES string of the molecule is CC(C)c1nnsc1C(=O)Nc1ccc(F)cc1C(N)=S. The van der Waals surface area contributed by atoms with Gasteiger partial charge in [0.1, 0.15) is 15.7 Å². The van der Waals surface area contributed by atoms with E-state index in [1.807, 2.05) is 13.8 Å². The van der Waals surface area contributed by atoms with Gasteiger partial charge < -0.3 is 11.1 Å². The Morgan fingerprint density at radius 2 is 2.19 bits per heavy atom. The zero-order chi connectivity index (χ0) is 15.6. The molecular formula is C13H13FN4OS2. The number of nitrogens with one attached hydrogen (secondary N) is 1. The molecule has 0 saturated heterocycles. The second-order valence-electron chi connectivity index (χ2n) is 4.65. The third kappa shape index (κ3) is 3.40. The Labute approximate surface area is 130 Å². The summed E-state index contributed by atoms with van der Waals surface area (Å²) in [6, 6.07) is 3.84. The van der Waals surface area contributed by atoms with Crippen molar-refractivity contribution in [3.05, 3.63) is 40.2 Å². The van der Waals surface area contributed by atoms with E-state index in [9.17, 15) is 9.18 Å². The minimum atomic E-state index is -0.474. The van der Waals surface area contributed by atoms with Crippen LogP contribution in [0.2, 0.25) is 0 Å². The molecule has 1 aromatic carbocycles. The zero-order valence-corrected chi connectivity index (χ0v) is 13.0. The molecule has 2 rings (SSSR count). The summed E-state index contributed by atoms with van der Waals surface area (Å²) in [6.45, 7) is 3.84. The largest absolute Gasteiger partial charge is 0.389 e. The van der Waals surface area contributed by atoms with Gasteiger partial charge in [-0.1, -0.05) is 30.6 Å². The monoisotopic (exact) mass is 324 g/mol. The molecule has 0 saturated carbocycles. The molecule has 110 valence electrons. The summed E-state index contributed by atoms with van der Waals surface area (Å²) in [7, 11) is 0. The average molecular weight is 324 g/mol. The molecule has 1 heterocycles. The summed E-state index contributed by atoms with van der Waals surface area (Å²) in [5.74, 6) is -0.760. The molecule has 5 nitrogen and oxygen atoms in total. The topological polar surface area (TPSA) is 80.9 Å². The average Bonchev–Trinajstić information content (AvgIpc) is 2.90. The standard InChI is InChI=1S/C13H13FN4OS2/c1-6(2)10-11(21-18-17-10)13(19)16-9-4-3-7(14)5-8(9)12(15)20/h3-6H,1-2H3,(H2,15,20)(H,16,19). The number of nitrogens with two attached hydrogens (primary N) is 1. The fourth-order valence-electron chi connectivity index (χ4n) is 1.74. The number of carbonyl (C=O) groups excluding carboxylic acids is 1. The molecular weight excluding hydrogens is 311 g/mol. The van der Waals surface area contributed by atoms with Crippen LogP contribution in [0.15, 0.2) is 18.2 Å². The molecule has 0 aliphatic carbocycles. The summed E-state index contributed by atoms with van der Waals surface area (Å²) >= 11 is 5.88. The number of rotatable bonds is 4. The van der Waals surface area contributed by atoms with E-state index in [-0.39, 0.29) is 22.4 Å². The van der Waals surface area contributed by atoms with Crippen molar-refractivity contribution in [2.24, 2.45) is 5.73 Å². The molecule has 0 radical (unpaired) electrons. The van der Waals surface area contributed by atoms with Crippen molar-refractivity contribution in [3.8, 4) is 0 Å². The van der Waals surface area contributed by atoms with Crippen molar-refractivity contribution >= 4 is 40.3 Å². The molecule has 0 unspecified atom stereocenters. The number of nitrogens with zero attached hydrogens (tertiary/aromatic N) is 2. The Hall–Kier alpha value is -1.93. The van der Waals surface area contributed by atoms with Gasteiger partial charge in [0.05, 0.1) is 11.4 Å². The van der Waals surface area contributed by atoms with Crippen LogP contribution in [0.25, 0.3) is 0 Å². The molecule has 0 aliphatic rings. The Morgan fingerprint density at radius 1 is 1.48 bits per heavy atom. The van der Waals surface area contributed by atoms with Crippen molar-refractivity contribution in [3.63, 3.8) is 0 Å². The predicted octanol–water partition coefficient (Wildman–Crippen LogP) is 2.69. The Kier molecular flexibility index (Phi) is 4.59. The first kappa shape index (κ1) is 15.5. The van der Waals surface area contributed by atoms with E-state index in [4.69, 9.17) is 18.0 Å². The number of thiocarbonyl (C=S) groups is 1. The van der Waals surface area contributed by atoms with Crippen LogP contribution in [0.3, 0.4) is 0 Å². The van der Waals surface area contributed by atoms with Gasteiger partial charge in [0.25, 0.3) is 5.91 Å². The number of hydrogen-bond acceptors (Lipinski definition) is 5. The number of amides is 1. The van der Waals surface area contributed by atoms with Crippen molar-refractivity contribution < 1.29 is 9.18 Å². The fraction of sp³-hybridized carbons (Fsp3) is 0.231. The quantitative estimate of drug-likeness (QED) is 0.845. The normalized spacial score (nSPS) is 10.7. The summed E-state index contributed by atoms with van der Waals surface area (Å²) in [4.78, 5) is 12.7. The highest BCUT2D eigenvalue weighted by Gasteiger charge is 2.20. The van der Waals surface area contributed by atoms with E-state index in [1.165, 1.54) is 18.2 Å². The Balaban J connectivity index is 2.32. The van der Waals surface area contributed by atoms with Gasteiger partial charge in [0.2, 0.25) is 0 Å². The summed E-state index contributed by atoms with van der Waals surface area (Å²) in [5.41, 5.74) is 6.81. The molecule has 0 aliphatic heterocycles. The van der Waals surface area contributed by atoms with Crippen LogP contribution in [-0.4, -0.2) is 20.5 Å². The van der Waals surface area contributed by atoms with Crippen LogP contribution in [0, 0.1) is 5.82 Å². The van der Waals surface area contributed by atoms with E-state index >= 15 is 0 Å². The Bertz CT molecular complexity index is 699. The lowest BCUT2D eigenvalue weighted by Gasteiger charge is -2.10. The van der Waals surface area contributed by atoms with Gasteiger partial charge in [-0.15, -0.1) is 5.10 Å². The predicted molar refractivity (Wildman–Crippen MR) is 84.2 cm³/mol. The first-order valence-electron chi connectivity index (χ1n) is 6.13. The first-order valence-corrected chi connectivity index (χ1v) is 7.31. The fourth-order valence-corrected chi connectivity index (χ4v) is 2.62. The molecule has 3 N–H and O–H groups in total. The number of hydrogen-bond donors (Lipinski definition) is 2. The van der Waals surface area contributed by atoms with Crippen molar-refractivity contribution in [1.82, 2.24) is 9.59 Å². The lowest BCUT2D eigenvalue weighted by molar-refractivity contribution is 0.102. The van der Waals surface area contributed by atoms with Gasteiger partial charge in [-0.25, -0.2) is 4.39 Å². The lowest BCUT2D eigenvalue weighted by Crippen LogP contribution is -2.18. The van der Waals surface area contributed by atoms with Crippen molar-refractivity contribution in [2.45, 2.75) is 19.8 Å². The van der Waals surface area contributed by atoms with E-state index in [0.29, 0.717) is 16.3 Å². The molecule has 0 spiro atoms. The van der Waals surface area contributed by atoms with Crippen LogP contribution in [0.1, 0.15) is 40.7 Å². The van der Waals surface area contributed by atoms with Crippen LogP contribution < -0.4 is 11.1 Å². The summed E-state index contributed by atoms with van der Waals surface area (Å²) < 4.78 is 17.0. The second-order valence-corrected chi connectivity index (χ2v) is 5.84. The highest BCUT2D eigenvalue weighted by molar-refractivity contribution is 7.80. The van der Waals surface area contributed by atoms with Crippen LogP contribution in [0.4, 0.5) is 10.1 Å². The second kappa shape index (κ2) is 6.23. The van der Waals surface area contributed by atoms with Gasteiger partial charge in [-0.05, 0) is 35.6 Å². The lowest BCUT2D eigenvalue weighted by atomic mass is 10.1. The van der Waals surface area contributed by atoms with Crippen LogP contribution >= 0.6 is 23.8 Å². The number of benzene rings is 1. The molecule has 1 aromatic heterocycles. The summed E-state index contributed by atoms with van der Waals surface area (Å²) in [5, 5.41) is 6.62. The molecule has 21 heavy (non-hydrogen) atoms. The smallest absolute Gasteiger partial charge is 0.269 e. The van der Waals surface area contributed by atoms with Gasteiger partial charge in [-0.3, -0.25) is 4.79 Å². The molecule has 0 bridgehead atoms. The maximum atomic E-state index is 13.2. The number of aromatic nitrogens is 2. The highest BCUT2D eigenvalue weighted by atomic mass is 32.1.